The topological polar surface area (TPSA) is 69.7 Å². The number of piperazine rings is 1. The molecule has 1 amide bonds. The van der Waals surface area contributed by atoms with Crippen LogP contribution in [0.1, 0.15) is 25.3 Å². The Kier molecular flexibility index (Phi) is 5.51. The summed E-state index contributed by atoms with van der Waals surface area (Å²) in [6.07, 6.45) is -2.63. The van der Waals surface area contributed by atoms with Crippen molar-refractivity contribution in [3.63, 3.8) is 0 Å². The van der Waals surface area contributed by atoms with Crippen molar-refractivity contribution in [2.24, 2.45) is 0 Å². The number of alkyl halides is 3. The van der Waals surface area contributed by atoms with Crippen LogP contribution in [0.25, 0.3) is 0 Å². The van der Waals surface area contributed by atoms with Gasteiger partial charge in [0.2, 0.25) is 15.9 Å². The van der Waals surface area contributed by atoms with Crippen molar-refractivity contribution in [1.29, 1.82) is 0 Å². The monoisotopic (exact) mass is 405 g/mol. The van der Waals surface area contributed by atoms with E-state index in [1.54, 1.807) is 6.92 Å². The minimum absolute atomic E-state index is 0.0771. The second-order valence-corrected chi connectivity index (χ2v) is 8.86. The average molecular weight is 405 g/mol. The zero-order valence-corrected chi connectivity index (χ0v) is 15.7. The number of hydrogen-bond acceptors (Lipinski definition) is 4. The molecule has 2 fully saturated rings. The summed E-state index contributed by atoms with van der Waals surface area (Å²) < 4.78 is 65.1. The molecule has 10 heteroatoms. The first kappa shape index (κ1) is 20.1. The highest BCUT2D eigenvalue weighted by atomic mass is 32.2. The van der Waals surface area contributed by atoms with Crippen LogP contribution in [0.5, 0.6) is 0 Å². The molecule has 1 unspecified atom stereocenters. The van der Waals surface area contributed by atoms with Crippen molar-refractivity contribution in [3.8, 4) is 0 Å². The number of rotatable bonds is 5. The van der Waals surface area contributed by atoms with Crippen molar-refractivity contribution < 1.29 is 26.4 Å². The fourth-order valence-electron chi connectivity index (χ4n) is 3.03. The molecule has 2 aliphatic rings. The summed E-state index contributed by atoms with van der Waals surface area (Å²) in [5.74, 6) is -0.0771. The summed E-state index contributed by atoms with van der Waals surface area (Å²) in [4.78, 5) is 13.6. The Bertz CT molecular complexity index is 801. The molecule has 0 radical (unpaired) electrons. The van der Waals surface area contributed by atoms with Crippen LogP contribution in [-0.2, 0) is 21.0 Å². The largest absolute Gasteiger partial charge is 0.416 e. The smallest absolute Gasteiger partial charge is 0.352 e. The molecular formula is C17H22F3N3O3S. The van der Waals surface area contributed by atoms with E-state index in [9.17, 15) is 26.4 Å². The van der Waals surface area contributed by atoms with Gasteiger partial charge in [0.15, 0.2) is 0 Å². The standard InChI is InChI=1S/C17H22F3N3O3S/c1-12(16(24)21-14-5-6-14)22-7-9-23(10-8-22)27(25,26)15-4-2-3-13(11-15)17(18,19)20/h2-4,11-12,14H,5-10H2,1H3,(H,21,24). The minimum atomic E-state index is -4.60. The molecule has 1 aromatic rings. The van der Waals surface area contributed by atoms with E-state index in [4.69, 9.17) is 0 Å². The molecule has 1 saturated heterocycles. The fourth-order valence-corrected chi connectivity index (χ4v) is 4.50. The number of hydrogen-bond donors (Lipinski definition) is 1. The number of carbonyl (C=O) groups excluding carboxylic acids is 1. The molecule has 0 aromatic heterocycles. The third-order valence-corrected chi connectivity index (χ3v) is 6.82. The maximum Gasteiger partial charge on any atom is 0.416 e. The van der Waals surface area contributed by atoms with Crippen LogP contribution < -0.4 is 5.32 Å². The molecular weight excluding hydrogens is 383 g/mol. The van der Waals surface area contributed by atoms with Gasteiger partial charge in [-0.1, -0.05) is 6.07 Å². The Balaban J connectivity index is 1.65. The van der Waals surface area contributed by atoms with Gasteiger partial charge < -0.3 is 5.32 Å². The lowest BCUT2D eigenvalue weighted by Crippen LogP contribution is -2.55. The summed E-state index contributed by atoms with van der Waals surface area (Å²) in [7, 11) is -4.02. The van der Waals surface area contributed by atoms with E-state index in [-0.39, 0.29) is 36.0 Å². The quantitative estimate of drug-likeness (QED) is 0.809. The Morgan fingerprint density at radius 1 is 1.19 bits per heavy atom. The lowest BCUT2D eigenvalue weighted by molar-refractivity contribution is -0.137. The summed E-state index contributed by atoms with van der Waals surface area (Å²) in [5, 5.41) is 2.92. The summed E-state index contributed by atoms with van der Waals surface area (Å²) >= 11 is 0. The molecule has 1 saturated carbocycles. The van der Waals surface area contributed by atoms with Crippen LogP contribution in [-0.4, -0.2) is 61.8 Å². The third-order valence-electron chi connectivity index (χ3n) is 4.92. The van der Waals surface area contributed by atoms with Gasteiger partial charge in [-0.25, -0.2) is 8.42 Å². The second-order valence-electron chi connectivity index (χ2n) is 6.92. The Morgan fingerprint density at radius 3 is 2.37 bits per heavy atom. The van der Waals surface area contributed by atoms with Crippen LogP contribution in [0.3, 0.4) is 0 Å². The van der Waals surface area contributed by atoms with Gasteiger partial charge in [-0.15, -0.1) is 0 Å². The molecule has 1 aliphatic heterocycles. The van der Waals surface area contributed by atoms with Crippen molar-refractivity contribution in [2.75, 3.05) is 26.2 Å². The maximum absolute atomic E-state index is 12.9. The molecule has 1 aliphatic carbocycles. The average Bonchev–Trinajstić information content (AvgIpc) is 3.44. The van der Waals surface area contributed by atoms with Gasteiger partial charge in [-0.05, 0) is 38.0 Å². The summed E-state index contributed by atoms with van der Waals surface area (Å²) in [6, 6.07) is 3.65. The van der Waals surface area contributed by atoms with Crippen LogP contribution in [0.2, 0.25) is 0 Å². The second kappa shape index (κ2) is 7.40. The van der Waals surface area contributed by atoms with Crippen molar-refractivity contribution in [2.45, 2.75) is 42.9 Å². The number of amides is 1. The highest BCUT2D eigenvalue weighted by molar-refractivity contribution is 7.89. The molecule has 0 bridgehead atoms. The van der Waals surface area contributed by atoms with E-state index in [0.717, 1.165) is 25.0 Å². The third kappa shape index (κ3) is 4.61. The number of nitrogens with zero attached hydrogens (tertiary/aromatic N) is 2. The van der Waals surface area contributed by atoms with E-state index in [1.165, 1.54) is 10.4 Å². The molecule has 6 nitrogen and oxygen atoms in total. The van der Waals surface area contributed by atoms with E-state index < -0.39 is 21.8 Å². The highest BCUT2D eigenvalue weighted by Crippen LogP contribution is 2.31. The molecule has 1 N–H and O–H groups in total. The lowest BCUT2D eigenvalue weighted by atomic mass is 10.2. The van der Waals surface area contributed by atoms with Crippen molar-refractivity contribution in [3.05, 3.63) is 29.8 Å². The zero-order valence-electron chi connectivity index (χ0n) is 14.9. The normalized spacial score (nSPS) is 21.0. The lowest BCUT2D eigenvalue weighted by Gasteiger charge is -2.36. The number of carbonyl (C=O) groups is 1. The van der Waals surface area contributed by atoms with Crippen molar-refractivity contribution in [1.82, 2.24) is 14.5 Å². The molecule has 1 atom stereocenters. The van der Waals surface area contributed by atoms with Gasteiger partial charge in [0, 0.05) is 32.2 Å². The minimum Gasteiger partial charge on any atom is -0.352 e. The molecule has 1 heterocycles. The Hall–Kier alpha value is -1.65. The Morgan fingerprint density at radius 2 is 1.81 bits per heavy atom. The first-order valence-electron chi connectivity index (χ1n) is 8.81. The van der Waals surface area contributed by atoms with E-state index >= 15 is 0 Å². The first-order valence-corrected chi connectivity index (χ1v) is 10.2. The molecule has 27 heavy (non-hydrogen) atoms. The van der Waals surface area contributed by atoms with Crippen LogP contribution >= 0.6 is 0 Å². The van der Waals surface area contributed by atoms with Gasteiger partial charge in [0.1, 0.15) is 0 Å². The predicted octanol–water partition coefficient (Wildman–Crippen LogP) is 1.68. The molecule has 0 spiro atoms. The van der Waals surface area contributed by atoms with Gasteiger partial charge in [-0.2, -0.15) is 17.5 Å². The van der Waals surface area contributed by atoms with Gasteiger partial charge in [-0.3, -0.25) is 9.69 Å². The van der Waals surface area contributed by atoms with Gasteiger partial charge >= 0.3 is 6.18 Å². The molecule has 1 aromatic carbocycles. The molecule has 3 rings (SSSR count). The van der Waals surface area contributed by atoms with Gasteiger partial charge in [0.05, 0.1) is 16.5 Å². The summed E-state index contributed by atoms with van der Waals surface area (Å²) in [6.45, 7) is 2.71. The van der Waals surface area contributed by atoms with Gasteiger partial charge in [0.25, 0.3) is 0 Å². The Labute approximate surface area is 156 Å². The number of benzene rings is 1. The fraction of sp³-hybridized carbons (Fsp3) is 0.588. The van der Waals surface area contributed by atoms with Crippen LogP contribution in [0, 0.1) is 0 Å². The van der Waals surface area contributed by atoms with E-state index in [1.807, 2.05) is 4.90 Å². The molecule has 150 valence electrons. The van der Waals surface area contributed by atoms with Crippen molar-refractivity contribution >= 4 is 15.9 Å². The number of sulfonamides is 1. The first-order chi connectivity index (χ1) is 12.6. The van der Waals surface area contributed by atoms with Crippen LogP contribution in [0.4, 0.5) is 13.2 Å². The zero-order chi connectivity index (χ0) is 19.8. The van der Waals surface area contributed by atoms with E-state index in [0.29, 0.717) is 19.2 Å². The maximum atomic E-state index is 12.9. The SMILES string of the molecule is CC(C(=O)NC1CC1)N1CCN(S(=O)(=O)c2cccc(C(F)(F)F)c2)CC1. The predicted molar refractivity (Wildman–Crippen MR) is 92.4 cm³/mol. The summed E-state index contributed by atoms with van der Waals surface area (Å²) in [5.41, 5.74) is -0.993. The van der Waals surface area contributed by atoms with E-state index in [2.05, 4.69) is 5.32 Å². The van der Waals surface area contributed by atoms with Crippen LogP contribution in [0.15, 0.2) is 29.2 Å². The number of halogens is 3. The number of nitrogens with one attached hydrogen (secondary N) is 1. The highest BCUT2D eigenvalue weighted by Gasteiger charge is 2.35.